The number of benzene rings is 1. The molecule has 0 bridgehead atoms. The van der Waals surface area contributed by atoms with E-state index >= 15 is 0 Å². The van der Waals surface area contributed by atoms with Crippen LogP contribution >= 0.6 is 0 Å². The maximum atomic E-state index is 13.6. The fraction of sp³-hybridized carbons (Fsp3) is 0.419. The highest BCUT2D eigenvalue weighted by Gasteiger charge is 2.46. The fourth-order valence-corrected chi connectivity index (χ4v) is 6.10. The van der Waals surface area contributed by atoms with Crippen molar-refractivity contribution in [1.82, 2.24) is 34.7 Å². The molecule has 6 rings (SSSR count). The molecule has 3 atom stereocenters. The number of aromatic nitrogens is 6. The van der Waals surface area contributed by atoms with Crippen LogP contribution in [-0.4, -0.2) is 66.2 Å². The number of likely N-dealkylation sites (tertiary alicyclic amines) is 1. The first-order valence-corrected chi connectivity index (χ1v) is 14.4. The Kier molecular flexibility index (Phi) is 7.38. The first-order chi connectivity index (χ1) is 20.0. The van der Waals surface area contributed by atoms with Crippen molar-refractivity contribution in [3.8, 4) is 17.1 Å². The summed E-state index contributed by atoms with van der Waals surface area (Å²) in [5, 5.41) is 12.9. The number of ether oxygens (including phenoxy) is 1. The van der Waals surface area contributed by atoms with Crippen molar-refractivity contribution in [2.24, 2.45) is 7.05 Å². The Morgan fingerprint density at radius 1 is 1.10 bits per heavy atom. The van der Waals surface area contributed by atoms with Crippen LogP contribution in [0.25, 0.3) is 17.1 Å². The first-order valence-electron chi connectivity index (χ1n) is 14.4. The Morgan fingerprint density at radius 2 is 1.95 bits per heavy atom. The molecule has 41 heavy (non-hydrogen) atoms. The molecule has 212 valence electrons. The summed E-state index contributed by atoms with van der Waals surface area (Å²) in [4.78, 5) is 33.2. The van der Waals surface area contributed by atoms with Crippen molar-refractivity contribution in [3.05, 3.63) is 77.4 Å². The molecule has 2 aliphatic rings. The van der Waals surface area contributed by atoms with Gasteiger partial charge in [0.15, 0.2) is 5.82 Å². The Hall–Kier alpha value is -4.34. The Labute approximate surface area is 239 Å². The molecule has 4 heterocycles. The van der Waals surface area contributed by atoms with Gasteiger partial charge in [-0.3, -0.25) is 9.48 Å². The lowest BCUT2D eigenvalue weighted by Gasteiger charge is -2.36. The molecule has 1 saturated heterocycles. The molecule has 1 amide bonds. The van der Waals surface area contributed by atoms with E-state index < -0.39 is 5.97 Å². The van der Waals surface area contributed by atoms with Crippen LogP contribution in [0.4, 0.5) is 0 Å². The molecule has 3 unspecified atom stereocenters. The summed E-state index contributed by atoms with van der Waals surface area (Å²) >= 11 is 0. The van der Waals surface area contributed by atoms with Gasteiger partial charge in [-0.05, 0) is 56.4 Å². The SMILES string of the molecule is CCCC1CCCCN1C(=O)c1cccc(-c2cccc(-n3ncc(C(=O)OC)c3C3CC3c3cn(C)nn3)n2)c1. The number of pyridine rings is 1. The van der Waals surface area contributed by atoms with Gasteiger partial charge in [0.1, 0.15) is 5.56 Å². The summed E-state index contributed by atoms with van der Waals surface area (Å²) in [6.07, 6.45) is 9.69. The van der Waals surface area contributed by atoms with Crippen molar-refractivity contribution in [3.63, 3.8) is 0 Å². The van der Waals surface area contributed by atoms with E-state index in [1.807, 2.05) is 55.7 Å². The number of carbonyl (C=O) groups excluding carboxylic acids is 2. The second kappa shape index (κ2) is 11.3. The number of amides is 1. The lowest BCUT2D eigenvalue weighted by atomic mass is 9.96. The molecule has 0 N–H and O–H groups in total. The number of rotatable bonds is 8. The van der Waals surface area contributed by atoms with Crippen molar-refractivity contribution in [2.45, 2.75) is 63.3 Å². The minimum absolute atomic E-state index is 0.0373. The van der Waals surface area contributed by atoms with Crippen LogP contribution in [0.2, 0.25) is 0 Å². The van der Waals surface area contributed by atoms with Gasteiger partial charge in [0.05, 0.1) is 30.4 Å². The maximum Gasteiger partial charge on any atom is 0.341 e. The van der Waals surface area contributed by atoms with E-state index in [0.29, 0.717) is 23.0 Å². The zero-order chi connectivity index (χ0) is 28.5. The minimum atomic E-state index is -0.433. The number of piperidine rings is 1. The monoisotopic (exact) mass is 553 g/mol. The third-order valence-electron chi connectivity index (χ3n) is 8.22. The van der Waals surface area contributed by atoms with Crippen LogP contribution in [0.1, 0.15) is 89.4 Å². The summed E-state index contributed by atoms with van der Waals surface area (Å²) in [5.74, 6) is 0.419. The van der Waals surface area contributed by atoms with Crippen LogP contribution in [0, 0.1) is 0 Å². The van der Waals surface area contributed by atoms with Gasteiger partial charge < -0.3 is 9.64 Å². The summed E-state index contributed by atoms with van der Waals surface area (Å²) in [5.41, 5.74) is 4.32. The summed E-state index contributed by atoms with van der Waals surface area (Å²) in [7, 11) is 3.21. The third kappa shape index (κ3) is 5.26. The predicted octanol–water partition coefficient (Wildman–Crippen LogP) is 4.92. The quantitative estimate of drug-likeness (QED) is 0.285. The van der Waals surface area contributed by atoms with Gasteiger partial charge in [0, 0.05) is 48.8 Å². The largest absolute Gasteiger partial charge is 0.465 e. The van der Waals surface area contributed by atoms with Crippen molar-refractivity contribution in [1.29, 1.82) is 0 Å². The van der Waals surface area contributed by atoms with E-state index in [4.69, 9.17) is 9.72 Å². The van der Waals surface area contributed by atoms with Crippen molar-refractivity contribution >= 4 is 11.9 Å². The van der Waals surface area contributed by atoms with E-state index in [-0.39, 0.29) is 17.7 Å². The van der Waals surface area contributed by atoms with Crippen LogP contribution < -0.4 is 0 Å². The summed E-state index contributed by atoms with van der Waals surface area (Å²) < 4.78 is 8.48. The topological polar surface area (TPSA) is 108 Å². The van der Waals surface area contributed by atoms with Gasteiger partial charge in [-0.25, -0.2) is 14.5 Å². The number of hydrogen-bond acceptors (Lipinski definition) is 7. The number of methoxy groups -OCH3 is 1. The third-order valence-corrected chi connectivity index (χ3v) is 8.22. The second-order valence-corrected chi connectivity index (χ2v) is 11.0. The highest BCUT2D eigenvalue weighted by molar-refractivity contribution is 5.95. The van der Waals surface area contributed by atoms with E-state index in [1.165, 1.54) is 13.5 Å². The minimum Gasteiger partial charge on any atom is -0.465 e. The standard InChI is InChI=1S/C31H35N7O3/c1-4-9-22-12-5-6-15-37(22)30(39)21-11-7-10-20(16-21)26-13-8-14-28(33-26)38-29(25(18-32-38)31(40)41-3)24-17-23(24)27-19-36(2)35-34-27/h7-8,10-11,13-14,16,18-19,22-24H,4-6,9,12,15,17H2,1-3H3. The molecule has 4 aromatic rings. The van der Waals surface area contributed by atoms with E-state index in [2.05, 4.69) is 27.2 Å². The molecule has 1 aliphatic heterocycles. The smallest absolute Gasteiger partial charge is 0.341 e. The average molecular weight is 554 g/mol. The molecule has 10 heteroatoms. The first kappa shape index (κ1) is 26.9. The molecule has 1 aromatic carbocycles. The Bertz CT molecular complexity index is 1570. The molecular weight excluding hydrogens is 518 g/mol. The van der Waals surface area contributed by atoms with Gasteiger partial charge in [-0.15, -0.1) is 5.10 Å². The zero-order valence-electron chi connectivity index (χ0n) is 23.7. The fourth-order valence-electron chi connectivity index (χ4n) is 6.10. The Balaban J connectivity index is 1.31. The van der Waals surface area contributed by atoms with Gasteiger partial charge in [0.25, 0.3) is 5.91 Å². The van der Waals surface area contributed by atoms with Crippen molar-refractivity contribution < 1.29 is 14.3 Å². The number of nitrogens with zero attached hydrogens (tertiary/aromatic N) is 7. The second-order valence-electron chi connectivity index (χ2n) is 11.0. The van der Waals surface area contributed by atoms with Gasteiger partial charge >= 0.3 is 5.97 Å². The molecular formula is C31H35N7O3. The summed E-state index contributed by atoms with van der Waals surface area (Å²) in [6.45, 7) is 2.98. The molecule has 1 saturated carbocycles. The van der Waals surface area contributed by atoms with Gasteiger partial charge in [-0.2, -0.15) is 5.10 Å². The maximum absolute atomic E-state index is 13.6. The lowest BCUT2D eigenvalue weighted by Crippen LogP contribution is -2.43. The van der Waals surface area contributed by atoms with Crippen molar-refractivity contribution in [2.75, 3.05) is 13.7 Å². The van der Waals surface area contributed by atoms with E-state index in [1.54, 1.807) is 15.6 Å². The van der Waals surface area contributed by atoms with Crippen LogP contribution in [0.5, 0.6) is 0 Å². The highest BCUT2D eigenvalue weighted by Crippen LogP contribution is 2.55. The molecule has 10 nitrogen and oxygen atoms in total. The van der Waals surface area contributed by atoms with Crippen LogP contribution in [0.15, 0.2) is 54.9 Å². The van der Waals surface area contributed by atoms with Crippen LogP contribution in [-0.2, 0) is 11.8 Å². The normalized spacial score (nSPS) is 20.2. The number of hydrogen-bond donors (Lipinski definition) is 0. The molecule has 0 spiro atoms. The number of carbonyl (C=O) groups is 2. The van der Waals surface area contributed by atoms with Crippen LogP contribution in [0.3, 0.4) is 0 Å². The number of aryl methyl sites for hydroxylation is 1. The van der Waals surface area contributed by atoms with E-state index in [9.17, 15) is 9.59 Å². The summed E-state index contributed by atoms with van der Waals surface area (Å²) in [6, 6.07) is 13.7. The zero-order valence-corrected chi connectivity index (χ0v) is 23.7. The lowest BCUT2D eigenvalue weighted by molar-refractivity contribution is 0.0592. The number of esters is 1. The predicted molar refractivity (Wildman–Crippen MR) is 153 cm³/mol. The van der Waals surface area contributed by atoms with Gasteiger partial charge in [0.2, 0.25) is 0 Å². The molecule has 1 aliphatic carbocycles. The average Bonchev–Trinajstić information content (AvgIpc) is 3.46. The molecule has 2 fully saturated rings. The van der Waals surface area contributed by atoms with E-state index in [0.717, 1.165) is 61.3 Å². The molecule has 3 aromatic heterocycles. The Morgan fingerprint density at radius 3 is 2.73 bits per heavy atom. The molecule has 0 radical (unpaired) electrons. The van der Waals surface area contributed by atoms with Gasteiger partial charge in [-0.1, -0.05) is 36.8 Å². The highest BCUT2D eigenvalue weighted by atomic mass is 16.5.